The van der Waals surface area contributed by atoms with Crippen LogP contribution in [-0.4, -0.2) is 67.5 Å². The molecule has 172 valence electrons. The predicted molar refractivity (Wildman–Crippen MR) is 136 cm³/mol. The quantitative estimate of drug-likeness (QED) is 0.275. The van der Waals surface area contributed by atoms with Gasteiger partial charge in [0.2, 0.25) is 0 Å². The highest BCUT2D eigenvalue weighted by atomic mass is 127. The Morgan fingerprint density at radius 2 is 2.27 bits per heavy atom. The molecule has 2 aliphatic rings. The molecule has 4 atom stereocenters. The zero-order chi connectivity index (χ0) is 20.7. The molecule has 0 aromatic carbocycles. The van der Waals surface area contributed by atoms with E-state index in [0.717, 1.165) is 58.0 Å². The van der Waals surface area contributed by atoms with Crippen molar-refractivity contribution in [2.75, 3.05) is 39.3 Å². The van der Waals surface area contributed by atoms with Crippen molar-refractivity contribution in [2.24, 2.45) is 10.4 Å². The van der Waals surface area contributed by atoms with E-state index < -0.39 is 0 Å². The lowest BCUT2D eigenvalue weighted by atomic mass is 9.73. The molecule has 1 saturated carbocycles. The molecule has 0 spiro atoms. The highest BCUT2D eigenvalue weighted by molar-refractivity contribution is 14.0. The maximum atomic E-state index is 10.5. The molecule has 1 saturated heterocycles. The first-order chi connectivity index (χ1) is 14.0. The van der Waals surface area contributed by atoms with Crippen LogP contribution in [0.15, 0.2) is 22.5 Å². The highest BCUT2D eigenvalue weighted by Gasteiger charge is 2.35. The number of halogens is 1. The van der Waals surface area contributed by atoms with Gasteiger partial charge in [-0.25, -0.2) is 0 Å². The van der Waals surface area contributed by atoms with Crippen molar-refractivity contribution in [2.45, 2.75) is 64.7 Å². The summed E-state index contributed by atoms with van der Waals surface area (Å²) in [6, 6.07) is 4.66. The van der Waals surface area contributed by atoms with E-state index in [1.54, 1.807) is 0 Å². The molecule has 1 aliphatic heterocycles. The van der Waals surface area contributed by atoms with E-state index in [2.05, 4.69) is 53.8 Å². The number of thiophene rings is 1. The number of aliphatic imine (C=N–C) groups is 1. The summed E-state index contributed by atoms with van der Waals surface area (Å²) in [5.41, 5.74) is -0.118. The van der Waals surface area contributed by atoms with E-state index in [4.69, 9.17) is 9.73 Å². The van der Waals surface area contributed by atoms with Crippen LogP contribution in [0, 0.1) is 5.41 Å². The molecular formula is C22H39IN4O2S. The number of hydrogen-bond donors (Lipinski definition) is 3. The van der Waals surface area contributed by atoms with Crippen LogP contribution in [0.2, 0.25) is 0 Å². The number of rotatable bonds is 7. The van der Waals surface area contributed by atoms with Crippen molar-refractivity contribution in [3.8, 4) is 0 Å². The third kappa shape index (κ3) is 7.05. The summed E-state index contributed by atoms with van der Waals surface area (Å²) in [6.07, 6.45) is 4.26. The third-order valence-corrected chi connectivity index (χ3v) is 7.24. The second kappa shape index (κ2) is 12.6. The molecule has 1 aromatic rings. The molecule has 3 N–H and O–H groups in total. The van der Waals surface area contributed by atoms with Crippen LogP contribution in [0.25, 0.3) is 0 Å². The first-order valence-electron chi connectivity index (χ1n) is 11.1. The lowest BCUT2D eigenvalue weighted by Crippen LogP contribution is -2.48. The molecule has 8 heteroatoms. The molecule has 0 amide bonds. The fourth-order valence-corrected chi connectivity index (χ4v) is 5.24. The molecule has 1 aliphatic carbocycles. The first kappa shape index (κ1) is 25.8. The van der Waals surface area contributed by atoms with E-state index in [9.17, 15) is 5.11 Å². The fourth-order valence-electron chi connectivity index (χ4n) is 4.38. The second-order valence-corrected chi connectivity index (χ2v) is 9.68. The molecular weight excluding hydrogens is 511 g/mol. The Hall–Kier alpha value is -0.420. The van der Waals surface area contributed by atoms with E-state index in [0.29, 0.717) is 12.6 Å². The molecule has 1 aromatic heterocycles. The van der Waals surface area contributed by atoms with Crippen LogP contribution in [0.1, 0.15) is 57.4 Å². The Balaban J connectivity index is 0.00000320. The van der Waals surface area contributed by atoms with Crippen LogP contribution in [0.4, 0.5) is 0 Å². The fraction of sp³-hybridized carbons (Fsp3) is 0.773. The van der Waals surface area contributed by atoms with Crippen molar-refractivity contribution in [3.05, 3.63) is 22.4 Å². The number of guanidine groups is 1. The first-order valence-corrected chi connectivity index (χ1v) is 12.0. The lowest BCUT2D eigenvalue weighted by Gasteiger charge is -2.38. The molecule has 2 heterocycles. The van der Waals surface area contributed by atoms with E-state index in [1.165, 1.54) is 11.3 Å². The molecule has 0 radical (unpaired) electrons. The number of aliphatic hydroxyl groups is 1. The number of morpholine rings is 1. The van der Waals surface area contributed by atoms with E-state index in [-0.39, 0.29) is 41.6 Å². The van der Waals surface area contributed by atoms with Crippen LogP contribution in [-0.2, 0) is 4.74 Å². The smallest absolute Gasteiger partial charge is 0.191 e. The molecule has 6 nitrogen and oxygen atoms in total. The second-order valence-electron chi connectivity index (χ2n) is 8.70. The van der Waals surface area contributed by atoms with E-state index in [1.807, 2.05) is 11.3 Å². The van der Waals surface area contributed by atoms with Gasteiger partial charge in [0.1, 0.15) is 0 Å². The van der Waals surface area contributed by atoms with Gasteiger partial charge >= 0.3 is 0 Å². The highest BCUT2D eigenvalue weighted by Crippen LogP contribution is 2.36. The number of nitrogens with one attached hydrogen (secondary N) is 2. The summed E-state index contributed by atoms with van der Waals surface area (Å²) in [4.78, 5) is 8.76. The molecule has 3 rings (SSSR count). The van der Waals surface area contributed by atoms with Gasteiger partial charge in [0.05, 0.1) is 31.4 Å². The van der Waals surface area contributed by atoms with Gasteiger partial charge in [0.15, 0.2) is 5.96 Å². The SMILES string of the molecule is CCNC(=NCC1(C)CCCCC1O)NCC(c1cccs1)N1CCOC(C)C1.I. The lowest BCUT2D eigenvalue weighted by molar-refractivity contribution is -0.0334. The van der Waals surface area contributed by atoms with Crippen molar-refractivity contribution in [3.63, 3.8) is 0 Å². The minimum atomic E-state index is -0.253. The summed E-state index contributed by atoms with van der Waals surface area (Å²) in [6.45, 7) is 11.4. The number of ether oxygens (including phenoxy) is 1. The Morgan fingerprint density at radius 3 is 2.93 bits per heavy atom. The van der Waals surface area contributed by atoms with Crippen molar-refractivity contribution >= 4 is 41.3 Å². The number of nitrogens with zero attached hydrogens (tertiary/aromatic N) is 2. The van der Waals surface area contributed by atoms with Crippen molar-refractivity contribution in [1.29, 1.82) is 0 Å². The van der Waals surface area contributed by atoms with Gasteiger partial charge in [0, 0.05) is 36.5 Å². The number of aliphatic hydroxyl groups excluding tert-OH is 1. The summed E-state index contributed by atoms with van der Waals surface area (Å²) in [5.74, 6) is 0.842. The van der Waals surface area contributed by atoms with Gasteiger partial charge in [-0.15, -0.1) is 35.3 Å². The van der Waals surface area contributed by atoms with Gasteiger partial charge in [0.25, 0.3) is 0 Å². The van der Waals surface area contributed by atoms with Gasteiger partial charge in [-0.1, -0.05) is 25.8 Å². The van der Waals surface area contributed by atoms with Crippen LogP contribution in [0.3, 0.4) is 0 Å². The molecule has 4 unspecified atom stereocenters. The topological polar surface area (TPSA) is 69.1 Å². The van der Waals surface area contributed by atoms with Crippen LogP contribution >= 0.6 is 35.3 Å². The molecule has 2 fully saturated rings. The predicted octanol–water partition coefficient (Wildman–Crippen LogP) is 3.62. The molecule has 0 bridgehead atoms. The Morgan fingerprint density at radius 1 is 1.43 bits per heavy atom. The van der Waals surface area contributed by atoms with Crippen molar-refractivity contribution < 1.29 is 9.84 Å². The van der Waals surface area contributed by atoms with E-state index >= 15 is 0 Å². The van der Waals surface area contributed by atoms with Gasteiger partial charge < -0.3 is 20.5 Å². The summed E-state index contributed by atoms with van der Waals surface area (Å²) in [7, 11) is 0. The monoisotopic (exact) mass is 550 g/mol. The van der Waals surface area contributed by atoms with Gasteiger partial charge in [-0.3, -0.25) is 9.89 Å². The maximum absolute atomic E-state index is 10.5. The third-order valence-electron chi connectivity index (χ3n) is 6.27. The van der Waals surface area contributed by atoms with Crippen LogP contribution < -0.4 is 10.6 Å². The standard InChI is InChI=1S/C22H38N4O2S.HI/c1-4-23-21(25-16-22(3)10-6-5-9-20(22)27)24-14-18(19-8-7-13-29-19)26-11-12-28-17(2)15-26;/h7-8,13,17-18,20,27H,4-6,9-12,14-16H2,1-3H3,(H2,23,24,25);1H. The zero-order valence-electron chi connectivity index (χ0n) is 18.6. The average molecular weight is 551 g/mol. The van der Waals surface area contributed by atoms with Crippen molar-refractivity contribution in [1.82, 2.24) is 15.5 Å². The largest absolute Gasteiger partial charge is 0.392 e. The van der Waals surface area contributed by atoms with Gasteiger partial charge in [-0.2, -0.15) is 0 Å². The zero-order valence-corrected chi connectivity index (χ0v) is 21.7. The summed E-state index contributed by atoms with van der Waals surface area (Å²) >= 11 is 1.81. The Kier molecular flexibility index (Phi) is 10.8. The maximum Gasteiger partial charge on any atom is 0.191 e. The normalized spacial score (nSPS) is 29.1. The Bertz CT molecular complexity index is 645. The number of hydrogen-bond acceptors (Lipinski definition) is 5. The summed E-state index contributed by atoms with van der Waals surface area (Å²) < 4.78 is 5.75. The summed E-state index contributed by atoms with van der Waals surface area (Å²) in [5, 5.41) is 19.6. The minimum Gasteiger partial charge on any atom is -0.392 e. The molecule has 30 heavy (non-hydrogen) atoms. The van der Waals surface area contributed by atoms with Gasteiger partial charge in [-0.05, 0) is 38.1 Å². The average Bonchev–Trinajstić information content (AvgIpc) is 3.23. The van der Waals surface area contributed by atoms with Crippen LogP contribution in [0.5, 0.6) is 0 Å². The minimum absolute atomic E-state index is 0. The Labute approximate surface area is 202 Å².